The largest absolute Gasteiger partial charge is 0.335 e. The molecule has 0 radical (unpaired) electrons. The average Bonchev–Trinajstić information content (AvgIpc) is 3.28. The van der Waals surface area contributed by atoms with Gasteiger partial charge < -0.3 is 10.2 Å². The summed E-state index contributed by atoms with van der Waals surface area (Å²) in [4.78, 5) is 11.9. The molecule has 1 unspecified atom stereocenters. The normalized spacial score (nSPS) is 20.1. The number of anilines is 1. The lowest BCUT2D eigenvalue weighted by Gasteiger charge is -2.20. The maximum absolute atomic E-state index is 5.99. The van der Waals surface area contributed by atoms with Crippen molar-refractivity contribution in [3.63, 3.8) is 0 Å². The molecule has 7 heteroatoms. The highest BCUT2D eigenvalue weighted by Crippen LogP contribution is 2.34. The van der Waals surface area contributed by atoms with E-state index in [-0.39, 0.29) is 0 Å². The van der Waals surface area contributed by atoms with E-state index in [1.54, 1.807) is 23.5 Å². The summed E-state index contributed by atoms with van der Waals surface area (Å²) in [5, 5.41) is 8.57. The molecule has 0 bridgehead atoms. The molecule has 1 N–H and O–H groups in total. The van der Waals surface area contributed by atoms with Crippen molar-refractivity contribution in [1.82, 2.24) is 4.90 Å². The second-order valence-corrected chi connectivity index (χ2v) is 9.16. The number of rotatable bonds is 4. The molecule has 0 saturated heterocycles. The summed E-state index contributed by atoms with van der Waals surface area (Å²) >= 11 is 9.48. The molecule has 28 heavy (non-hydrogen) atoms. The number of para-hydroxylation sites is 1. The van der Waals surface area contributed by atoms with Gasteiger partial charge in [-0.15, -0.1) is 0 Å². The third-order valence-corrected chi connectivity index (χ3v) is 7.08. The molecule has 2 aromatic rings. The van der Waals surface area contributed by atoms with Crippen LogP contribution in [0.5, 0.6) is 0 Å². The maximum Gasteiger partial charge on any atom is 0.168 e. The van der Waals surface area contributed by atoms with Gasteiger partial charge in [-0.3, -0.25) is 9.98 Å². The van der Waals surface area contributed by atoms with Crippen molar-refractivity contribution in [3.05, 3.63) is 75.8 Å². The number of fused-ring (bicyclic) bond motifs is 2. The highest BCUT2D eigenvalue weighted by atomic mass is 35.5. The summed E-state index contributed by atoms with van der Waals surface area (Å²) in [7, 11) is 0. The van der Waals surface area contributed by atoms with Crippen molar-refractivity contribution in [2.24, 2.45) is 9.98 Å². The molecule has 1 atom stereocenters. The first-order valence-corrected chi connectivity index (χ1v) is 11.5. The predicted molar refractivity (Wildman–Crippen MR) is 122 cm³/mol. The Labute approximate surface area is 178 Å². The van der Waals surface area contributed by atoms with Gasteiger partial charge in [0.15, 0.2) is 10.3 Å². The van der Waals surface area contributed by atoms with E-state index < -0.39 is 0 Å². The zero-order valence-corrected chi connectivity index (χ0v) is 17.5. The number of nitrogens with zero attached hydrogens (tertiary/aromatic N) is 3. The van der Waals surface area contributed by atoms with Crippen LogP contribution in [0.1, 0.15) is 11.1 Å². The first kappa shape index (κ1) is 18.2. The van der Waals surface area contributed by atoms with E-state index in [2.05, 4.69) is 57.0 Å². The van der Waals surface area contributed by atoms with Gasteiger partial charge in [-0.2, -0.15) is 0 Å². The third kappa shape index (κ3) is 3.81. The van der Waals surface area contributed by atoms with Crippen LogP contribution in [0.4, 0.5) is 5.69 Å². The molecule has 0 saturated carbocycles. The van der Waals surface area contributed by atoms with Gasteiger partial charge in [-0.25, -0.2) is 0 Å². The predicted octanol–water partition coefficient (Wildman–Crippen LogP) is 5.23. The minimum atomic E-state index is 0.300. The number of nitrogens with one attached hydrogen (secondary N) is 1. The second-order valence-electron chi connectivity index (χ2n) is 6.93. The van der Waals surface area contributed by atoms with Gasteiger partial charge in [0.25, 0.3) is 0 Å². The van der Waals surface area contributed by atoms with Crippen LogP contribution in [0.15, 0.2) is 69.6 Å². The van der Waals surface area contributed by atoms with Gasteiger partial charge in [0.2, 0.25) is 0 Å². The Morgan fingerprint density at radius 3 is 2.93 bits per heavy atom. The molecule has 0 aliphatic carbocycles. The number of amidine groups is 2. The number of halogens is 1. The van der Waals surface area contributed by atoms with Crippen molar-refractivity contribution in [1.29, 1.82) is 0 Å². The van der Waals surface area contributed by atoms with Crippen LogP contribution in [0.3, 0.4) is 0 Å². The standard InChI is InChI=1S/C21H19ClN4S2/c22-16-7-5-14(6-8-16)9-17-11-26-18(13-28-21(26)24-17)12-27-20-23-10-15-3-1-2-4-19(15)25-20/h1-8,13,17H,9-12H2,(H,23,25). The van der Waals surface area contributed by atoms with E-state index in [0.717, 1.165) is 40.6 Å². The van der Waals surface area contributed by atoms with Crippen LogP contribution >= 0.6 is 35.1 Å². The van der Waals surface area contributed by atoms with Gasteiger partial charge in [0.05, 0.1) is 12.6 Å². The first-order valence-electron chi connectivity index (χ1n) is 9.22. The summed E-state index contributed by atoms with van der Waals surface area (Å²) < 4.78 is 0. The number of hydrogen-bond acceptors (Lipinski definition) is 6. The van der Waals surface area contributed by atoms with Gasteiger partial charge in [0.1, 0.15) is 0 Å². The molecule has 0 aromatic heterocycles. The van der Waals surface area contributed by atoms with Crippen LogP contribution in [-0.2, 0) is 13.0 Å². The van der Waals surface area contributed by atoms with Crippen LogP contribution in [0, 0.1) is 0 Å². The minimum absolute atomic E-state index is 0.300. The lowest BCUT2D eigenvalue weighted by Crippen LogP contribution is -2.26. The quantitative estimate of drug-likeness (QED) is 0.727. The fourth-order valence-electron chi connectivity index (χ4n) is 3.50. The van der Waals surface area contributed by atoms with E-state index in [0.29, 0.717) is 6.04 Å². The number of aliphatic imine (C=N–C) groups is 2. The van der Waals surface area contributed by atoms with Crippen molar-refractivity contribution in [3.8, 4) is 0 Å². The summed E-state index contributed by atoms with van der Waals surface area (Å²) in [5.41, 5.74) is 5.02. The van der Waals surface area contributed by atoms with Crippen LogP contribution in [0.2, 0.25) is 5.02 Å². The van der Waals surface area contributed by atoms with Crippen LogP contribution < -0.4 is 5.32 Å². The third-order valence-electron chi connectivity index (χ3n) is 4.96. The molecule has 142 valence electrons. The molecular formula is C21H19ClN4S2. The van der Waals surface area contributed by atoms with Gasteiger partial charge in [-0.1, -0.05) is 65.5 Å². The summed E-state index contributed by atoms with van der Waals surface area (Å²) in [6.07, 6.45) is 0.948. The van der Waals surface area contributed by atoms with E-state index >= 15 is 0 Å². The van der Waals surface area contributed by atoms with Gasteiger partial charge in [0, 0.05) is 28.7 Å². The fraction of sp³-hybridized carbons (Fsp3) is 0.238. The Morgan fingerprint density at radius 2 is 2.04 bits per heavy atom. The Bertz CT molecular complexity index is 984. The Balaban J connectivity index is 1.17. The fourth-order valence-corrected chi connectivity index (χ4v) is 5.58. The second kappa shape index (κ2) is 7.85. The minimum Gasteiger partial charge on any atom is -0.335 e. The monoisotopic (exact) mass is 426 g/mol. The highest BCUT2D eigenvalue weighted by molar-refractivity contribution is 8.17. The summed E-state index contributed by atoms with van der Waals surface area (Å²) in [5.74, 6) is 0.897. The molecule has 3 heterocycles. The van der Waals surface area contributed by atoms with E-state index in [4.69, 9.17) is 16.6 Å². The summed E-state index contributed by atoms with van der Waals surface area (Å²) in [6.45, 7) is 1.69. The molecule has 0 fully saturated rings. The van der Waals surface area contributed by atoms with E-state index in [1.165, 1.54) is 22.5 Å². The van der Waals surface area contributed by atoms with Crippen LogP contribution in [-0.4, -0.2) is 33.6 Å². The number of hydrogen-bond donors (Lipinski definition) is 1. The molecule has 2 aromatic carbocycles. The van der Waals surface area contributed by atoms with Gasteiger partial charge >= 0.3 is 0 Å². The maximum atomic E-state index is 5.99. The number of thioether (sulfide) groups is 2. The molecule has 3 aliphatic rings. The van der Waals surface area contributed by atoms with Crippen molar-refractivity contribution >= 4 is 51.1 Å². The smallest absolute Gasteiger partial charge is 0.168 e. The molecule has 5 rings (SSSR count). The molecule has 3 aliphatic heterocycles. The Kier molecular flexibility index (Phi) is 5.09. The van der Waals surface area contributed by atoms with Crippen LogP contribution in [0.25, 0.3) is 0 Å². The highest BCUT2D eigenvalue weighted by Gasteiger charge is 2.32. The molecule has 4 nitrogen and oxygen atoms in total. The van der Waals surface area contributed by atoms with Crippen molar-refractivity contribution < 1.29 is 0 Å². The topological polar surface area (TPSA) is 40.0 Å². The van der Waals surface area contributed by atoms with Crippen molar-refractivity contribution in [2.75, 3.05) is 17.6 Å². The molecule has 0 spiro atoms. The zero-order chi connectivity index (χ0) is 18.9. The summed E-state index contributed by atoms with van der Waals surface area (Å²) in [6, 6.07) is 16.7. The Hall–Kier alpha value is -1.89. The van der Waals surface area contributed by atoms with Gasteiger partial charge in [-0.05, 0) is 41.2 Å². The van der Waals surface area contributed by atoms with E-state index in [1.807, 2.05) is 12.1 Å². The molecule has 0 amide bonds. The number of benzene rings is 2. The lowest BCUT2D eigenvalue weighted by atomic mass is 10.1. The Morgan fingerprint density at radius 1 is 1.18 bits per heavy atom. The SMILES string of the molecule is Clc1ccc(CC2CN3C(CSC4=NCc5ccccc5N4)=CSC3=N2)cc1. The van der Waals surface area contributed by atoms with Crippen molar-refractivity contribution in [2.45, 2.75) is 19.0 Å². The molecular weight excluding hydrogens is 408 g/mol. The first-order chi connectivity index (χ1) is 13.7. The lowest BCUT2D eigenvalue weighted by molar-refractivity contribution is 0.512. The average molecular weight is 427 g/mol. The zero-order valence-electron chi connectivity index (χ0n) is 15.1. The van der Waals surface area contributed by atoms with E-state index in [9.17, 15) is 0 Å².